The monoisotopic (exact) mass is 342 g/mol. The van der Waals surface area contributed by atoms with Gasteiger partial charge in [0, 0.05) is 23.7 Å². The number of pyridine rings is 1. The van der Waals surface area contributed by atoms with Gasteiger partial charge >= 0.3 is 0 Å². The van der Waals surface area contributed by atoms with Gasteiger partial charge in [-0.2, -0.15) is 0 Å². The van der Waals surface area contributed by atoms with Crippen molar-refractivity contribution in [2.24, 2.45) is 5.73 Å². The first-order valence-corrected chi connectivity index (χ1v) is 8.22. The van der Waals surface area contributed by atoms with E-state index >= 15 is 0 Å². The summed E-state index contributed by atoms with van der Waals surface area (Å²) in [7, 11) is 0. The van der Waals surface area contributed by atoms with Gasteiger partial charge in [0.25, 0.3) is 0 Å². The number of aromatic nitrogens is 1. The average molecular weight is 342 g/mol. The molecule has 4 heteroatoms. The molecule has 126 valence electrons. The number of hydrogen-bond acceptors (Lipinski definition) is 2. The third kappa shape index (κ3) is 2.55. The van der Waals surface area contributed by atoms with Crippen LogP contribution in [0.25, 0.3) is 11.1 Å². The van der Waals surface area contributed by atoms with Crippen molar-refractivity contribution in [2.75, 3.05) is 0 Å². The lowest BCUT2D eigenvalue weighted by molar-refractivity contribution is 0.0999. The van der Waals surface area contributed by atoms with E-state index in [1.165, 1.54) is 6.07 Å². The van der Waals surface area contributed by atoms with E-state index in [0.717, 1.165) is 27.8 Å². The molecule has 0 spiro atoms. The summed E-state index contributed by atoms with van der Waals surface area (Å²) in [4.78, 5) is 15.9. The standard InChI is InChI=1S/C22H15FN2O/c1-2-15-9-13(7-8-25-15)10-19-20(23)12-18(22(24)26)17-11-14-5-3-4-6-16(14)21(17)19/h1,3-9,12H,10-11H2,(H2,24,26). The van der Waals surface area contributed by atoms with Gasteiger partial charge in [0.2, 0.25) is 5.91 Å². The summed E-state index contributed by atoms with van der Waals surface area (Å²) in [5, 5.41) is 0. The lowest BCUT2D eigenvalue weighted by Gasteiger charge is -2.14. The normalized spacial score (nSPS) is 11.5. The number of halogens is 1. The second kappa shape index (κ2) is 6.12. The Kier molecular flexibility index (Phi) is 3.78. The van der Waals surface area contributed by atoms with Crippen molar-refractivity contribution < 1.29 is 9.18 Å². The Balaban J connectivity index is 1.93. The van der Waals surface area contributed by atoms with Crippen LogP contribution in [0.2, 0.25) is 0 Å². The zero-order valence-corrected chi connectivity index (χ0v) is 13.9. The summed E-state index contributed by atoms with van der Waals surface area (Å²) in [5.74, 6) is 1.44. The Morgan fingerprint density at radius 2 is 2.08 bits per heavy atom. The molecule has 0 bridgehead atoms. The van der Waals surface area contributed by atoms with Gasteiger partial charge in [0.15, 0.2) is 0 Å². The second-order valence-corrected chi connectivity index (χ2v) is 6.31. The first kappa shape index (κ1) is 16.0. The number of primary amides is 1. The molecule has 0 atom stereocenters. The van der Waals surface area contributed by atoms with E-state index in [4.69, 9.17) is 12.2 Å². The number of nitrogens with zero attached hydrogens (tertiary/aromatic N) is 1. The van der Waals surface area contributed by atoms with Gasteiger partial charge in [-0.15, -0.1) is 6.42 Å². The van der Waals surface area contributed by atoms with Gasteiger partial charge in [-0.05, 0) is 52.4 Å². The van der Waals surface area contributed by atoms with Crippen LogP contribution in [-0.4, -0.2) is 10.9 Å². The Morgan fingerprint density at radius 3 is 2.85 bits per heavy atom. The van der Waals surface area contributed by atoms with Gasteiger partial charge < -0.3 is 5.73 Å². The third-order valence-corrected chi connectivity index (χ3v) is 4.76. The number of carbonyl (C=O) groups is 1. The molecule has 3 aromatic rings. The molecule has 4 rings (SSSR count). The molecule has 1 amide bonds. The molecule has 1 aliphatic rings. The zero-order chi connectivity index (χ0) is 18.3. The van der Waals surface area contributed by atoms with Gasteiger partial charge in [0.1, 0.15) is 11.5 Å². The van der Waals surface area contributed by atoms with Crippen molar-refractivity contribution in [3.05, 3.63) is 88.0 Å². The minimum atomic E-state index is -0.613. The highest BCUT2D eigenvalue weighted by Gasteiger charge is 2.28. The van der Waals surface area contributed by atoms with E-state index in [1.807, 2.05) is 30.3 Å². The molecule has 2 N–H and O–H groups in total. The predicted octanol–water partition coefficient (Wildman–Crippen LogP) is 3.46. The molecule has 2 aromatic carbocycles. The fourth-order valence-corrected chi connectivity index (χ4v) is 3.61. The summed E-state index contributed by atoms with van der Waals surface area (Å²) >= 11 is 0. The van der Waals surface area contributed by atoms with Gasteiger partial charge in [-0.3, -0.25) is 4.79 Å². The average Bonchev–Trinajstić information content (AvgIpc) is 3.03. The zero-order valence-electron chi connectivity index (χ0n) is 13.9. The van der Waals surface area contributed by atoms with Crippen molar-refractivity contribution in [1.82, 2.24) is 4.98 Å². The number of rotatable bonds is 3. The molecule has 0 fully saturated rings. The quantitative estimate of drug-likeness (QED) is 0.580. The van der Waals surface area contributed by atoms with Crippen LogP contribution in [0.3, 0.4) is 0 Å². The molecule has 3 nitrogen and oxygen atoms in total. The van der Waals surface area contributed by atoms with Gasteiger partial charge in [-0.25, -0.2) is 9.37 Å². The van der Waals surface area contributed by atoms with Gasteiger partial charge in [0.05, 0.1) is 0 Å². The lowest BCUT2D eigenvalue weighted by Crippen LogP contribution is -2.15. The minimum absolute atomic E-state index is 0.247. The van der Waals surface area contributed by atoms with Crippen molar-refractivity contribution in [2.45, 2.75) is 12.8 Å². The molecule has 0 unspecified atom stereocenters. The lowest BCUT2D eigenvalue weighted by atomic mass is 9.91. The highest BCUT2D eigenvalue weighted by molar-refractivity contribution is 5.98. The van der Waals surface area contributed by atoms with Crippen molar-refractivity contribution in [3.8, 4) is 23.5 Å². The number of carbonyl (C=O) groups excluding carboxylic acids is 1. The van der Waals surface area contributed by atoms with Crippen LogP contribution >= 0.6 is 0 Å². The Morgan fingerprint density at radius 1 is 1.27 bits per heavy atom. The smallest absolute Gasteiger partial charge is 0.249 e. The summed E-state index contributed by atoms with van der Waals surface area (Å²) in [6.07, 6.45) is 7.96. The maximum Gasteiger partial charge on any atom is 0.249 e. The largest absolute Gasteiger partial charge is 0.366 e. The van der Waals surface area contributed by atoms with Gasteiger partial charge in [-0.1, -0.05) is 30.2 Å². The summed E-state index contributed by atoms with van der Waals surface area (Å²) in [6.45, 7) is 0. The molecular weight excluding hydrogens is 327 g/mol. The van der Waals surface area contributed by atoms with Crippen LogP contribution in [0.4, 0.5) is 4.39 Å². The Labute approximate surface area is 150 Å². The van der Waals surface area contributed by atoms with E-state index in [-0.39, 0.29) is 5.56 Å². The van der Waals surface area contributed by atoms with E-state index < -0.39 is 11.7 Å². The predicted molar refractivity (Wildman–Crippen MR) is 98.1 cm³/mol. The van der Waals surface area contributed by atoms with Crippen molar-refractivity contribution in [3.63, 3.8) is 0 Å². The van der Waals surface area contributed by atoms with Crippen LogP contribution in [0.1, 0.15) is 38.3 Å². The summed E-state index contributed by atoms with van der Waals surface area (Å²) in [6, 6.07) is 12.6. The molecule has 0 aliphatic heterocycles. The van der Waals surface area contributed by atoms with E-state index in [0.29, 0.717) is 24.1 Å². The van der Waals surface area contributed by atoms with Crippen LogP contribution < -0.4 is 5.73 Å². The Hall–Kier alpha value is -3.45. The van der Waals surface area contributed by atoms with Crippen LogP contribution in [0, 0.1) is 18.2 Å². The van der Waals surface area contributed by atoms with Crippen LogP contribution in [0.15, 0.2) is 48.7 Å². The minimum Gasteiger partial charge on any atom is -0.366 e. The van der Waals surface area contributed by atoms with E-state index in [2.05, 4.69) is 10.9 Å². The maximum atomic E-state index is 15.0. The molecular formula is C22H15FN2O. The van der Waals surface area contributed by atoms with Crippen molar-refractivity contribution >= 4 is 5.91 Å². The number of terminal acetylenes is 1. The topological polar surface area (TPSA) is 56.0 Å². The highest BCUT2D eigenvalue weighted by atomic mass is 19.1. The number of nitrogens with two attached hydrogens (primary N) is 1. The number of benzene rings is 2. The van der Waals surface area contributed by atoms with E-state index in [9.17, 15) is 9.18 Å². The molecule has 1 aliphatic carbocycles. The highest BCUT2D eigenvalue weighted by Crippen LogP contribution is 2.42. The van der Waals surface area contributed by atoms with Crippen molar-refractivity contribution in [1.29, 1.82) is 0 Å². The summed E-state index contributed by atoms with van der Waals surface area (Å²) < 4.78 is 15.0. The fourth-order valence-electron chi connectivity index (χ4n) is 3.61. The molecule has 1 aromatic heterocycles. The van der Waals surface area contributed by atoms with Crippen LogP contribution in [-0.2, 0) is 12.8 Å². The maximum absolute atomic E-state index is 15.0. The number of fused-ring (bicyclic) bond motifs is 3. The van der Waals surface area contributed by atoms with E-state index in [1.54, 1.807) is 12.3 Å². The summed E-state index contributed by atoms with van der Waals surface area (Å²) in [5.41, 5.74) is 11.2. The Bertz CT molecular complexity index is 1100. The molecule has 0 saturated heterocycles. The second-order valence-electron chi connectivity index (χ2n) is 6.31. The fraction of sp³-hybridized carbons (Fsp3) is 0.0909. The molecule has 26 heavy (non-hydrogen) atoms. The van der Waals surface area contributed by atoms with Crippen LogP contribution in [0.5, 0.6) is 0 Å². The number of hydrogen-bond donors (Lipinski definition) is 1. The SMILES string of the molecule is C#Cc1cc(Cc2c(F)cc(C(N)=O)c3c2-c2ccccc2C3)ccn1. The first-order valence-electron chi connectivity index (χ1n) is 8.22. The first-order chi connectivity index (χ1) is 12.6. The third-order valence-electron chi connectivity index (χ3n) is 4.76. The molecule has 0 saturated carbocycles. The molecule has 1 heterocycles. The number of amides is 1. The molecule has 0 radical (unpaired) electrons.